The van der Waals surface area contributed by atoms with Crippen LogP contribution < -0.4 is 10.6 Å². The van der Waals surface area contributed by atoms with Crippen molar-refractivity contribution >= 4 is 5.96 Å². The smallest absolute Gasteiger partial charge is 0.190 e. The van der Waals surface area contributed by atoms with E-state index in [1.165, 1.54) is 6.42 Å². The van der Waals surface area contributed by atoms with Crippen LogP contribution in [-0.2, 0) is 9.47 Å². The van der Waals surface area contributed by atoms with Crippen molar-refractivity contribution in [3.05, 3.63) is 0 Å². The second-order valence-corrected chi connectivity index (χ2v) is 9.31. The molecule has 0 aromatic heterocycles. The first kappa shape index (κ1) is 22.4. The monoisotopic (exact) mass is 382 g/mol. The normalized spacial score (nSPS) is 31.0. The second-order valence-electron chi connectivity index (χ2n) is 9.31. The van der Waals surface area contributed by atoms with Gasteiger partial charge in [-0.1, -0.05) is 20.8 Å². The molecule has 0 spiro atoms. The lowest BCUT2D eigenvalue weighted by molar-refractivity contribution is -0.0835. The molecule has 0 bridgehead atoms. The van der Waals surface area contributed by atoms with Crippen molar-refractivity contribution < 1.29 is 9.47 Å². The molecule has 2 aliphatic heterocycles. The molecule has 0 amide bonds. The number of nitrogens with zero attached hydrogens (tertiary/aromatic N) is 2. The maximum absolute atomic E-state index is 6.09. The van der Waals surface area contributed by atoms with Gasteiger partial charge in [-0.25, -0.2) is 0 Å². The van der Waals surface area contributed by atoms with Crippen LogP contribution >= 0.6 is 0 Å². The molecule has 27 heavy (non-hydrogen) atoms. The van der Waals surface area contributed by atoms with E-state index in [0.29, 0.717) is 24.2 Å². The van der Waals surface area contributed by atoms with Gasteiger partial charge in [-0.05, 0) is 38.5 Å². The summed E-state index contributed by atoms with van der Waals surface area (Å²) in [5.74, 6) is 1.44. The molecule has 6 nitrogen and oxygen atoms in total. The standard InChI is InChI=1S/C21H42N4O2/c1-16-14-25(15-17(2)27-16)11-8-10-23-20(22-6)24-13-18-9-7-12-26-19(18)21(3,4)5/h16-19H,7-15H2,1-6H3,(H2,22,23,24). The van der Waals surface area contributed by atoms with Gasteiger partial charge in [0.1, 0.15) is 0 Å². The third-order valence-corrected chi connectivity index (χ3v) is 5.49. The molecule has 0 saturated carbocycles. The van der Waals surface area contributed by atoms with Gasteiger partial charge in [0.05, 0.1) is 18.3 Å². The Balaban J connectivity index is 1.68. The lowest BCUT2D eigenvalue weighted by Crippen LogP contribution is -2.48. The number of rotatable bonds is 6. The van der Waals surface area contributed by atoms with Crippen LogP contribution in [0.25, 0.3) is 0 Å². The van der Waals surface area contributed by atoms with Crippen molar-refractivity contribution in [1.29, 1.82) is 0 Å². The lowest BCUT2D eigenvalue weighted by atomic mass is 9.78. The molecule has 2 N–H and O–H groups in total. The van der Waals surface area contributed by atoms with Gasteiger partial charge in [0.2, 0.25) is 0 Å². The van der Waals surface area contributed by atoms with Crippen LogP contribution in [0.5, 0.6) is 0 Å². The maximum Gasteiger partial charge on any atom is 0.190 e. The molecule has 2 aliphatic rings. The third-order valence-electron chi connectivity index (χ3n) is 5.49. The average Bonchev–Trinajstić information content (AvgIpc) is 2.60. The zero-order valence-electron chi connectivity index (χ0n) is 18.4. The molecule has 0 aromatic carbocycles. The fourth-order valence-electron chi connectivity index (χ4n) is 4.43. The Bertz CT molecular complexity index is 454. The first-order valence-electron chi connectivity index (χ1n) is 10.7. The van der Waals surface area contributed by atoms with E-state index < -0.39 is 0 Å². The summed E-state index contributed by atoms with van der Waals surface area (Å²) in [5, 5.41) is 6.98. The molecule has 2 rings (SSSR count). The summed E-state index contributed by atoms with van der Waals surface area (Å²) >= 11 is 0. The molecule has 2 saturated heterocycles. The quantitative estimate of drug-likeness (QED) is 0.420. The predicted molar refractivity (Wildman–Crippen MR) is 112 cm³/mol. The van der Waals surface area contributed by atoms with Gasteiger partial charge >= 0.3 is 0 Å². The average molecular weight is 383 g/mol. The lowest BCUT2D eigenvalue weighted by Gasteiger charge is -2.40. The molecule has 6 heteroatoms. The van der Waals surface area contributed by atoms with Crippen LogP contribution in [0.15, 0.2) is 4.99 Å². The van der Waals surface area contributed by atoms with E-state index in [2.05, 4.69) is 55.1 Å². The van der Waals surface area contributed by atoms with Gasteiger partial charge in [-0.2, -0.15) is 0 Å². The van der Waals surface area contributed by atoms with E-state index in [9.17, 15) is 0 Å². The number of morpholine rings is 1. The van der Waals surface area contributed by atoms with Gasteiger partial charge in [0.25, 0.3) is 0 Å². The Labute approximate surface area is 166 Å². The number of aliphatic imine (C=N–C) groups is 1. The van der Waals surface area contributed by atoms with Crippen molar-refractivity contribution in [3.8, 4) is 0 Å². The first-order valence-corrected chi connectivity index (χ1v) is 10.7. The molecule has 158 valence electrons. The maximum atomic E-state index is 6.09. The Morgan fingerprint density at radius 1 is 1.15 bits per heavy atom. The summed E-state index contributed by atoms with van der Waals surface area (Å²) < 4.78 is 11.9. The third kappa shape index (κ3) is 7.59. The highest BCUT2D eigenvalue weighted by atomic mass is 16.5. The van der Waals surface area contributed by atoms with E-state index in [-0.39, 0.29) is 5.41 Å². The van der Waals surface area contributed by atoms with Crippen molar-refractivity contribution in [3.63, 3.8) is 0 Å². The fraction of sp³-hybridized carbons (Fsp3) is 0.952. The number of guanidine groups is 1. The second kappa shape index (κ2) is 10.6. The highest BCUT2D eigenvalue weighted by Crippen LogP contribution is 2.33. The van der Waals surface area contributed by atoms with Crippen LogP contribution in [-0.4, -0.2) is 75.5 Å². The van der Waals surface area contributed by atoms with Crippen LogP contribution in [0, 0.1) is 11.3 Å². The van der Waals surface area contributed by atoms with Gasteiger partial charge in [0.15, 0.2) is 5.96 Å². The van der Waals surface area contributed by atoms with Gasteiger partial charge in [-0.3, -0.25) is 9.89 Å². The molecule has 4 atom stereocenters. The van der Waals surface area contributed by atoms with Crippen LogP contribution in [0.3, 0.4) is 0 Å². The topological polar surface area (TPSA) is 58.1 Å². The molecule has 0 aromatic rings. The van der Waals surface area contributed by atoms with Gasteiger partial charge < -0.3 is 20.1 Å². The molecule has 0 aliphatic carbocycles. The van der Waals surface area contributed by atoms with Crippen molar-refractivity contribution in [2.24, 2.45) is 16.3 Å². The first-order chi connectivity index (χ1) is 12.8. The molecule has 0 radical (unpaired) electrons. The largest absolute Gasteiger partial charge is 0.377 e. The van der Waals surface area contributed by atoms with E-state index in [1.807, 2.05) is 7.05 Å². The highest BCUT2D eigenvalue weighted by molar-refractivity contribution is 5.79. The minimum absolute atomic E-state index is 0.177. The Kier molecular flexibility index (Phi) is 8.83. The van der Waals surface area contributed by atoms with Gasteiger partial charge in [-0.15, -0.1) is 0 Å². The van der Waals surface area contributed by atoms with E-state index in [1.54, 1.807) is 0 Å². The Hall–Kier alpha value is -0.850. The van der Waals surface area contributed by atoms with Gasteiger partial charge in [0, 0.05) is 52.3 Å². The predicted octanol–water partition coefficient (Wildman–Crippen LogP) is 2.49. The minimum Gasteiger partial charge on any atom is -0.377 e. The summed E-state index contributed by atoms with van der Waals surface area (Å²) in [6.07, 6.45) is 4.47. The SMILES string of the molecule is CN=C(NCCCN1CC(C)OC(C)C1)NCC1CCCOC1C(C)(C)C. The summed E-state index contributed by atoms with van der Waals surface area (Å²) in [6, 6.07) is 0. The number of hydrogen-bond donors (Lipinski definition) is 2. The minimum atomic E-state index is 0.177. The summed E-state index contributed by atoms with van der Waals surface area (Å²) in [7, 11) is 1.85. The highest BCUT2D eigenvalue weighted by Gasteiger charge is 2.35. The molecule has 2 fully saturated rings. The van der Waals surface area contributed by atoms with E-state index >= 15 is 0 Å². The zero-order chi connectivity index (χ0) is 19.9. The molecule has 4 unspecified atom stereocenters. The van der Waals surface area contributed by atoms with Crippen LogP contribution in [0.1, 0.15) is 53.9 Å². The summed E-state index contributed by atoms with van der Waals surface area (Å²) in [6.45, 7) is 17.1. The van der Waals surface area contributed by atoms with Crippen LogP contribution in [0.4, 0.5) is 0 Å². The number of nitrogens with one attached hydrogen (secondary N) is 2. The van der Waals surface area contributed by atoms with Crippen molar-refractivity contribution in [1.82, 2.24) is 15.5 Å². The fourth-order valence-corrected chi connectivity index (χ4v) is 4.43. The molecule has 2 heterocycles. The van der Waals surface area contributed by atoms with E-state index in [4.69, 9.17) is 9.47 Å². The Morgan fingerprint density at radius 2 is 1.85 bits per heavy atom. The number of hydrogen-bond acceptors (Lipinski definition) is 4. The summed E-state index contributed by atoms with van der Waals surface area (Å²) in [5.41, 5.74) is 0.177. The molecular formula is C21H42N4O2. The Morgan fingerprint density at radius 3 is 2.48 bits per heavy atom. The molecular weight excluding hydrogens is 340 g/mol. The van der Waals surface area contributed by atoms with E-state index in [0.717, 1.165) is 58.1 Å². The number of ether oxygens (including phenoxy) is 2. The van der Waals surface area contributed by atoms with Crippen LogP contribution in [0.2, 0.25) is 0 Å². The van der Waals surface area contributed by atoms with Crippen molar-refractivity contribution in [2.75, 3.05) is 46.4 Å². The van der Waals surface area contributed by atoms with Crippen molar-refractivity contribution in [2.45, 2.75) is 72.2 Å². The zero-order valence-corrected chi connectivity index (χ0v) is 18.4. The summed E-state index contributed by atoms with van der Waals surface area (Å²) in [4.78, 5) is 6.89.